The highest BCUT2D eigenvalue weighted by Crippen LogP contribution is 2.21. The molecule has 3 rings (SSSR count). The van der Waals surface area contributed by atoms with E-state index in [0.717, 1.165) is 49.7 Å². The Kier molecular flexibility index (Phi) is 5.66. The molecular formula is C21H27N3O2. The van der Waals surface area contributed by atoms with Crippen LogP contribution in [-0.4, -0.2) is 57.7 Å². The second kappa shape index (κ2) is 8.13. The molecule has 0 spiro atoms. The van der Waals surface area contributed by atoms with Crippen LogP contribution in [0.2, 0.25) is 0 Å². The lowest BCUT2D eigenvalue weighted by Crippen LogP contribution is -2.48. The number of hydrogen-bond acceptors (Lipinski definition) is 4. The van der Waals surface area contributed by atoms with Crippen molar-refractivity contribution in [1.82, 2.24) is 4.90 Å². The third kappa shape index (κ3) is 3.93. The van der Waals surface area contributed by atoms with Crippen molar-refractivity contribution >= 4 is 17.3 Å². The molecule has 26 heavy (non-hydrogen) atoms. The molecule has 2 aromatic rings. The topological polar surface area (TPSA) is 36.0 Å². The summed E-state index contributed by atoms with van der Waals surface area (Å²) in [6.07, 6.45) is 0. The van der Waals surface area contributed by atoms with Crippen molar-refractivity contribution in [2.45, 2.75) is 6.92 Å². The Balaban J connectivity index is 1.59. The molecule has 0 saturated carbocycles. The number of ether oxygens (including phenoxy) is 1. The standard InChI is InChI=1S/C21H27N3O2/c1-4-22(2)18-7-5-17(6-8-18)21(25)24-15-13-23(14-16-24)19-9-11-20(26-3)12-10-19/h5-12H,4,13-16H2,1-3H3. The largest absolute Gasteiger partial charge is 0.497 e. The minimum atomic E-state index is 0.116. The number of methoxy groups -OCH3 is 1. The lowest BCUT2D eigenvalue weighted by Gasteiger charge is -2.36. The Labute approximate surface area is 155 Å². The van der Waals surface area contributed by atoms with Gasteiger partial charge in [-0.3, -0.25) is 4.79 Å². The van der Waals surface area contributed by atoms with E-state index in [9.17, 15) is 4.79 Å². The van der Waals surface area contributed by atoms with Gasteiger partial charge in [0.15, 0.2) is 0 Å². The van der Waals surface area contributed by atoms with Gasteiger partial charge in [-0.15, -0.1) is 0 Å². The van der Waals surface area contributed by atoms with E-state index in [-0.39, 0.29) is 5.91 Å². The van der Waals surface area contributed by atoms with Gasteiger partial charge in [0.05, 0.1) is 7.11 Å². The van der Waals surface area contributed by atoms with Crippen molar-refractivity contribution < 1.29 is 9.53 Å². The van der Waals surface area contributed by atoms with E-state index in [4.69, 9.17) is 4.74 Å². The fourth-order valence-electron chi connectivity index (χ4n) is 3.18. The van der Waals surface area contributed by atoms with Gasteiger partial charge in [0.25, 0.3) is 5.91 Å². The van der Waals surface area contributed by atoms with Crippen LogP contribution in [0.4, 0.5) is 11.4 Å². The zero-order valence-electron chi connectivity index (χ0n) is 15.8. The molecule has 1 fully saturated rings. The van der Waals surface area contributed by atoms with Gasteiger partial charge in [-0.25, -0.2) is 0 Å². The van der Waals surface area contributed by atoms with Gasteiger partial charge in [0.1, 0.15) is 5.75 Å². The third-order valence-electron chi connectivity index (χ3n) is 5.03. The number of piperazine rings is 1. The molecule has 1 aliphatic rings. The van der Waals surface area contributed by atoms with E-state index < -0.39 is 0 Å². The predicted molar refractivity (Wildman–Crippen MR) is 106 cm³/mol. The monoisotopic (exact) mass is 353 g/mol. The molecule has 2 aromatic carbocycles. The first-order valence-corrected chi connectivity index (χ1v) is 9.12. The summed E-state index contributed by atoms with van der Waals surface area (Å²) in [7, 11) is 3.72. The Morgan fingerprint density at radius 3 is 2.15 bits per heavy atom. The van der Waals surface area contributed by atoms with Gasteiger partial charge in [0, 0.05) is 56.7 Å². The molecule has 1 aliphatic heterocycles. The molecule has 0 bridgehead atoms. The van der Waals surface area contributed by atoms with Gasteiger partial charge in [0.2, 0.25) is 0 Å². The van der Waals surface area contributed by atoms with E-state index in [0.29, 0.717) is 0 Å². The van der Waals surface area contributed by atoms with E-state index in [1.165, 1.54) is 5.69 Å². The number of anilines is 2. The highest BCUT2D eigenvalue weighted by atomic mass is 16.5. The molecule has 0 radical (unpaired) electrons. The first-order chi connectivity index (χ1) is 12.6. The van der Waals surface area contributed by atoms with Gasteiger partial charge >= 0.3 is 0 Å². The molecular weight excluding hydrogens is 326 g/mol. The maximum Gasteiger partial charge on any atom is 0.253 e. The number of amides is 1. The van der Waals surface area contributed by atoms with Gasteiger partial charge in [-0.05, 0) is 55.5 Å². The van der Waals surface area contributed by atoms with Gasteiger partial charge in [-0.2, -0.15) is 0 Å². The van der Waals surface area contributed by atoms with Gasteiger partial charge < -0.3 is 19.4 Å². The zero-order valence-corrected chi connectivity index (χ0v) is 15.8. The molecule has 0 aromatic heterocycles. The summed E-state index contributed by atoms with van der Waals surface area (Å²) in [5.74, 6) is 0.977. The number of carbonyl (C=O) groups is 1. The summed E-state index contributed by atoms with van der Waals surface area (Å²) in [4.78, 5) is 19.2. The van der Waals surface area contributed by atoms with Crippen LogP contribution in [0.3, 0.4) is 0 Å². The summed E-state index contributed by atoms with van der Waals surface area (Å²) in [6, 6.07) is 16.0. The van der Waals surface area contributed by atoms with Crippen molar-refractivity contribution in [2.24, 2.45) is 0 Å². The van der Waals surface area contributed by atoms with Crippen LogP contribution >= 0.6 is 0 Å². The summed E-state index contributed by atoms with van der Waals surface area (Å²) < 4.78 is 5.21. The Hall–Kier alpha value is -2.69. The maximum absolute atomic E-state index is 12.8. The lowest BCUT2D eigenvalue weighted by molar-refractivity contribution is 0.0747. The van der Waals surface area contributed by atoms with Crippen molar-refractivity contribution in [3.63, 3.8) is 0 Å². The molecule has 0 unspecified atom stereocenters. The first-order valence-electron chi connectivity index (χ1n) is 9.12. The average molecular weight is 353 g/mol. The summed E-state index contributed by atoms with van der Waals surface area (Å²) in [5.41, 5.74) is 3.06. The highest BCUT2D eigenvalue weighted by Gasteiger charge is 2.22. The van der Waals surface area contributed by atoms with Crippen molar-refractivity contribution in [1.29, 1.82) is 0 Å². The predicted octanol–water partition coefficient (Wildman–Crippen LogP) is 3.11. The zero-order chi connectivity index (χ0) is 18.5. The number of benzene rings is 2. The molecule has 5 nitrogen and oxygen atoms in total. The molecule has 0 atom stereocenters. The van der Waals surface area contributed by atoms with Crippen LogP contribution in [0.5, 0.6) is 5.75 Å². The van der Waals surface area contributed by atoms with Crippen molar-refractivity contribution in [3.8, 4) is 5.75 Å². The van der Waals surface area contributed by atoms with Gasteiger partial charge in [-0.1, -0.05) is 0 Å². The summed E-state index contributed by atoms with van der Waals surface area (Å²) in [5, 5.41) is 0. The Morgan fingerprint density at radius 1 is 1.00 bits per heavy atom. The first kappa shape index (κ1) is 18.1. The number of rotatable bonds is 5. The van der Waals surface area contributed by atoms with E-state index >= 15 is 0 Å². The number of carbonyl (C=O) groups excluding carboxylic acids is 1. The van der Waals surface area contributed by atoms with Crippen LogP contribution in [0, 0.1) is 0 Å². The SMILES string of the molecule is CCN(C)c1ccc(C(=O)N2CCN(c3ccc(OC)cc3)CC2)cc1. The molecule has 1 heterocycles. The third-order valence-corrected chi connectivity index (χ3v) is 5.03. The maximum atomic E-state index is 12.8. The smallest absolute Gasteiger partial charge is 0.253 e. The molecule has 1 amide bonds. The second-order valence-corrected chi connectivity index (χ2v) is 6.54. The minimum Gasteiger partial charge on any atom is -0.497 e. The second-order valence-electron chi connectivity index (χ2n) is 6.54. The van der Waals surface area contributed by atoms with Crippen LogP contribution < -0.4 is 14.5 Å². The van der Waals surface area contributed by atoms with Crippen LogP contribution in [0.1, 0.15) is 17.3 Å². The summed E-state index contributed by atoms with van der Waals surface area (Å²) in [6.45, 7) is 6.22. The van der Waals surface area contributed by atoms with E-state index in [1.54, 1.807) is 7.11 Å². The van der Waals surface area contributed by atoms with Crippen molar-refractivity contribution in [3.05, 3.63) is 54.1 Å². The highest BCUT2D eigenvalue weighted by molar-refractivity contribution is 5.94. The van der Waals surface area contributed by atoms with Crippen LogP contribution in [0.25, 0.3) is 0 Å². The van der Waals surface area contributed by atoms with E-state index in [1.807, 2.05) is 41.3 Å². The Bertz CT molecular complexity index is 720. The number of nitrogens with zero attached hydrogens (tertiary/aromatic N) is 3. The Morgan fingerprint density at radius 2 is 1.62 bits per heavy atom. The normalized spacial score (nSPS) is 14.3. The molecule has 1 saturated heterocycles. The summed E-state index contributed by atoms with van der Waals surface area (Å²) >= 11 is 0. The minimum absolute atomic E-state index is 0.116. The van der Waals surface area contributed by atoms with Crippen LogP contribution in [0.15, 0.2) is 48.5 Å². The van der Waals surface area contributed by atoms with E-state index in [2.05, 4.69) is 35.9 Å². The number of hydrogen-bond donors (Lipinski definition) is 0. The average Bonchev–Trinajstić information content (AvgIpc) is 2.73. The van der Waals surface area contributed by atoms with Crippen molar-refractivity contribution in [2.75, 3.05) is 56.7 Å². The molecule has 0 aliphatic carbocycles. The molecule has 5 heteroatoms. The fourth-order valence-corrected chi connectivity index (χ4v) is 3.18. The lowest BCUT2D eigenvalue weighted by atomic mass is 10.1. The fraction of sp³-hybridized carbons (Fsp3) is 0.381. The van der Waals surface area contributed by atoms with Crippen LogP contribution in [-0.2, 0) is 0 Å². The molecule has 0 N–H and O–H groups in total. The quantitative estimate of drug-likeness (QED) is 0.827. The molecule has 138 valence electrons.